The van der Waals surface area contributed by atoms with Crippen molar-refractivity contribution in [3.8, 4) is 17.1 Å². The highest BCUT2D eigenvalue weighted by Crippen LogP contribution is 2.30. The average molecular weight is 499 g/mol. The van der Waals surface area contributed by atoms with E-state index in [9.17, 15) is 9.18 Å². The molecule has 2 aromatic carbocycles. The molecule has 4 heterocycles. The number of hydrogen-bond acceptors (Lipinski definition) is 5. The molecular formula is C27H23FN6OS. The highest BCUT2D eigenvalue weighted by atomic mass is 32.1. The van der Waals surface area contributed by atoms with Crippen LogP contribution in [-0.2, 0) is 6.54 Å². The molecule has 0 spiro atoms. The molecule has 0 fully saturated rings. The van der Waals surface area contributed by atoms with Gasteiger partial charge in [-0.05, 0) is 42.7 Å². The maximum absolute atomic E-state index is 14.6. The first-order chi connectivity index (χ1) is 17.4. The standard InChI is InChI=1S/C27H23FN6OS/c1-15(2)23-20(5-4-6-21(23)28)24-30-13-22-26(31-24)33(27(35)36-22)14-17-7-9-18(10-8-17)34-16(3)19-11-12-29-25(19)32-34/h4-13,15H,14H2,1-3H3,(H,29,32). The van der Waals surface area contributed by atoms with Crippen LogP contribution in [0.3, 0.4) is 0 Å². The summed E-state index contributed by atoms with van der Waals surface area (Å²) in [5, 5.41) is 5.72. The van der Waals surface area contributed by atoms with Gasteiger partial charge in [0, 0.05) is 22.7 Å². The second-order valence-electron chi connectivity index (χ2n) is 9.09. The van der Waals surface area contributed by atoms with Gasteiger partial charge in [-0.3, -0.25) is 9.36 Å². The van der Waals surface area contributed by atoms with Crippen molar-refractivity contribution in [2.75, 3.05) is 0 Å². The van der Waals surface area contributed by atoms with Gasteiger partial charge in [0.05, 0.1) is 28.8 Å². The fraction of sp³-hybridized carbons (Fsp3) is 0.185. The maximum Gasteiger partial charge on any atom is 0.309 e. The fourth-order valence-electron chi connectivity index (χ4n) is 4.65. The Morgan fingerprint density at radius 3 is 2.67 bits per heavy atom. The van der Waals surface area contributed by atoms with Gasteiger partial charge in [-0.25, -0.2) is 19.0 Å². The predicted octanol–water partition coefficient (Wildman–Crippen LogP) is 5.81. The normalized spacial score (nSPS) is 11.8. The lowest BCUT2D eigenvalue weighted by Crippen LogP contribution is -2.14. The van der Waals surface area contributed by atoms with Crippen LogP contribution in [0.2, 0.25) is 0 Å². The third-order valence-corrected chi connectivity index (χ3v) is 7.34. The van der Waals surface area contributed by atoms with E-state index in [1.165, 1.54) is 6.07 Å². The number of aromatic nitrogens is 6. The molecule has 4 aromatic heterocycles. The second kappa shape index (κ2) is 8.53. The summed E-state index contributed by atoms with van der Waals surface area (Å²) in [7, 11) is 0. The van der Waals surface area contributed by atoms with Gasteiger partial charge in [0.1, 0.15) is 5.82 Å². The summed E-state index contributed by atoms with van der Waals surface area (Å²) >= 11 is 1.11. The summed E-state index contributed by atoms with van der Waals surface area (Å²) in [6.07, 6.45) is 3.54. The van der Waals surface area contributed by atoms with E-state index in [0.717, 1.165) is 39.3 Å². The largest absolute Gasteiger partial charge is 0.345 e. The molecule has 0 aliphatic carbocycles. The van der Waals surface area contributed by atoms with Crippen LogP contribution in [-0.4, -0.2) is 29.3 Å². The first-order valence-electron chi connectivity index (χ1n) is 11.7. The molecular weight excluding hydrogens is 475 g/mol. The number of nitrogens with zero attached hydrogens (tertiary/aromatic N) is 5. The molecule has 1 N–H and O–H groups in total. The van der Waals surface area contributed by atoms with Crippen LogP contribution in [0.25, 0.3) is 38.5 Å². The monoisotopic (exact) mass is 498 g/mol. The lowest BCUT2D eigenvalue weighted by molar-refractivity contribution is 0.599. The summed E-state index contributed by atoms with van der Waals surface area (Å²) in [5.41, 5.74) is 5.58. The SMILES string of the molecule is Cc1c2cc[nH]c2nn1-c1ccc(Cn2c(=O)sc3cnc(-c4cccc(F)c4C(C)C)nc32)cc1. The smallest absolute Gasteiger partial charge is 0.309 e. The number of hydrogen-bond donors (Lipinski definition) is 1. The van der Waals surface area contributed by atoms with Gasteiger partial charge in [-0.2, -0.15) is 0 Å². The molecule has 0 amide bonds. The number of rotatable bonds is 5. The summed E-state index contributed by atoms with van der Waals surface area (Å²) in [4.78, 5) is 25.1. The van der Waals surface area contributed by atoms with Crippen LogP contribution in [0.5, 0.6) is 0 Å². The second-order valence-corrected chi connectivity index (χ2v) is 10.1. The van der Waals surface area contributed by atoms with Crippen molar-refractivity contribution in [1.29, 1.82) is 0 Å². The molecule has 36 heavy (non-hydrogen) atoms. The molecule has 0 aliphatic heterocycles. The first-order valence-corrected chi connectivity index (χ1v) is 12.5. The zero-order chi connectivity index (χ0) is 25.0. The van der Waals surface area contributed by atoms with Crippen molar-refractivity contribution >= 4 is 32.7 Å². The zero-order valence-corrected chi connectivity index (χ0v) is 20.8. The molecule has 0 aliphatic rings. The number of nitrogens with one attached hydrogen (secondary N) is 1. The topological polar surface area (TPSA) is 81.4 Å². The molecule has 7 nitrogen and oxygen atoms in total. The van der Waals surface area contributed by atoms with Gasteiger partial charge in [0.25, 0.3) is 0 Å². The summed E-state index contributed by atoms with van der Waals surface area (Å²) in [6.45, 7) is 6.29. The van der Waals surface area contributed by atoms with E-state index in [1.807, 2.05) is 68.0 Å². The Hall–Kier alpha value is -4.11. The molecule has 180 valence electrons. The van der Waals surface area contributed by atoms with Gasteiger partial charge in [0.2, 0.25) is 0 Å². The van der Waals surface area contributed by atoms with E-state index in [0.29, 0.717) is 33.8 Å². The molecule has 0 unspecified atom stereocenters. The number of aromatic amines is 1. The number of H-pyrrole nitrogens is 1. The Bertz CT molecular complexity index is 1790. The van der Waals surface area contributed by atoms with E-state index in [-0.39, 0.29) is 16.6 Å². The number of aryl methyl sites for hydroxylation is 1. The molecule has 0 radical (unpaired) electrons. The Labute approximate surface area is 209 Å². The van der Waals surface area contributed by atoms with E-state index in [4.69, 9.17) is 4.98 Å². The molecule has 6 aromatic rings. The van der Waals surface area contributed by atoms with Crippen LogP contribution in [0.15, 0.2) is 65.7 Å². The summed E-state index contributed by atoms with van der Waals surface area (Å²) in [6, 6.07) is 14.9. The molecule has 9 heteroatoms. The van der Waals surface area contributed by atoms with Crippen molar-refractivity contribution in [2.24, 2.45) is 0 Å². The van der Waals surface area contributed by atoms with E-state index in [1.54, 1.807) is 16.8 Å². The quantitative estimate of drug-likeness (QED) is 0.325. The van der Waals surface area contributed by atoms with Crippen LogP contribution in [0, 0.1) is 12.7 Å². The fourth-order valence-corrected chi connectivity index (χ4v) is 5.45. The van der Waals surface area contributed by atoms with E-state index in [2.05, 4.69) is 15.1 Å². The van der Waals surface area contributed by atoms with Crippen molar-refractivity contribution in [3.63, 3.8) is 0 Å². The van der Waals surface area contributed by atoms with Crippen LogP contribution < -0.4 is 4.87 Å². The predicted molar refractivity (Wildman–Crippen MR) is 140 cm³/mol. The highest BCUT2D eigenvalue weighted by Gasteiger charge is 2.18. The van der Waals surface area contributed by atoms with Gasteiger partial charge in [-0.1, -0.05) is 49.4 Å². The molecule has 0 bridgehead atoms. The average Bonchev–Trinajstić information content (AvgIpc) is 3.54. The summed E-state index contributed by atoms with van der Waals surface area (Å²) < 4.78 is 18.8. The Morgan fingerprint density at radius 1 is 1.11 bits per heavy atom. The van der Waals surface area contributed by atoms with Gasteiger partial charge < -0.3 is 4.98 Å². The van der Waals surface area contributed by atoms with Crippen LogP contribution >= 0.6 is 11.3 Å². The van der Waals surface area contributed by atoms with Crippen LogP contribution in [0.1, 0.15) is 36.6 Å². The zero-order valence-electron chi connectivity index (χ0n) is 20.0. The number of halogens is 1. The lowest BCUT2D eigenvalue weighted by Gasteiger charge is -2.13. The number of thiazole rings is 1. The Morgan fingerprint density at radius 2 is 1.92 bits per heavy atom. The molecule has 0 saturated heterocycles. The van der Waals surface area contributed by atoms with Crippen molar-refractivity contribution in [1.82, 2.24) is 29.3 Å². The maximum atomic E-state index is 14.6. The minimum Gasteiger partial charge on any atom is -0.345 e. The van der Waals surface area contributed by atoms with Gasteiger partial charge in [-0.15, -0.1) is 5.10 Å². The lowest BCUT2D eigenvalue weighted by atomic mass is 9.96. The van der Waals surface area contributed by atoms with Gasteiger partial charge >= 0.3 is 4.87 Å². The minimum absolute atomic E-state index is 0.0323. The van der Waals surface area contributed by atoms with Crippen molar-refractivity contribution in [2.45, 2.75) is 33.2 Å². The molecule has 0 atom stereocenters. The van der Waals surface area contributed by atoms with E-state index >= 15 is 0 Å². The minimum atomic E-state index is -0.279. The van der Waals surface area contributed by atoms with Gasteiger partial charge in [0.15, 0.2) is 17.1 Å². The third kappa shape index (κ3) is 3.63. The number of fused-ring (bicyclic) bond motifs is 2. The molecule has 6 rings (SSSR count). The highest BCUT2D eigenvalue weighted by molar-refractivity contribution is 7.16. The number of benzene rings is 2. The van der Waals surface area contributed by atoms with Crippen molar-refractivity contribution in [3.05, 3.63) is 93.2 Å². The Balaban J connectivity index is 1.36. The summed E-state index contributed by atoms with van der Waals surface area (Å²) in [5.74, 6) is 0.103. The molecule has 0 saturated carbocycles. The van der Waals surface area contributed by atoms with Crippen LogP contribution in [0.4, 0.5) is 4.39 Å². The first kappa shape index (κ1) is 22.4. The third-order valence-electron chi connectivity index (χ3n) is 6.44. The van der Waals surface area contributed by atoms with E-state index < -0.39 is 0 Å². The Kier molecular flexibility index (Phi) is 5.30. The van der Waals surface area contributed by atoms with Crippen molar-refractivity contribution < 1.29 is 4.39 Å².